The minimum Gasteiger partial charge on any atom is -0.330 e. The average molecular weight is 334 g/mol. The molecule has 0 aromatic heterocycles. The third-order valence-electron chi connectivity index (χ3n) is 4.01. The Labute approximate surface area is 138 Å². The van der Waals surface area contributed by atoms with Crippen molar-refractivity contribution in [2.24, 2.45) is 5.73 Å². The Kier molecular flexibility index (Phi) is 4.23. The number of nitrogens with two attached hydrogens (primary N) is 1. The van der Waals surface area contributed by atoms with Crippen LogP contribution in [-0.2, 0) is 0 Å². The summed E-state index contributed by atoms with van der Waals surface area (Å²) >= 11 is 5.88. The number of hydrogen-bond donors (Lipinski definition) is 3. The SMILES string of the molecule is NCC1CN(C(=O)c2ccc(Cl)c(N(O)O)c2)c2ccccc21. The molecule has 3 rings (SSSR count). The number of benzene rings is 2. The molecule has 0 saturated carbocycles. The number of anilines is 2. The Morgan fingerprint density at radius 1 is 1.30 bits per heavy atom. The molecule has 7 heteroatoms. The maximum absolute atomic E-state index is 12.8. The minimum absolute atomic E-state index is 0.0552. The molecule has 1 aliphatic heterocycles. The van der Waals surface area contributed by atoms with Gasteiger partial charge in [-0.2, -0.15) is 0 Å². The number of para-hydroxylation sites is 1. The summed E-state index contributed by atoms with van der Waals surface area (Å²) in [6.07, 6.45) is 0. The van der Waals surface area contributed by atoms with Crippen LogP contribution in [0, 0.1) is 0 Å². The van der Waals surface area contributed by atoms with Crippen LogP contribution >= 0.6 is 11.6 Å². The van der Waals surface area contributed by atoms with Crippen LogP contribution in [0.5, 0.6) is 0 Å². The zero-order valence-electron chi connectivity index (χ0n) is 12.2. The Hall–Kier alpha value is -2.12. The average Bonchev–Trinajstić information content (AvgIpc) is 2.93. The van der Waals surface area contributed by atoms with Gasteiger partial charge in [-0.05, 0) is 29.8 Å². The summed E-state index contributed by atoms with van der Waals surface area (Å²) in [6.45, 7) is 0.947. The lowest BCUT2D eigenvalue weighted by Gasteiger charge is -2.19. The molecular weight excluding hydrogens is 318 g/mol. The number of hydrogen-bond acceptors (Lipinski definition) is 5. The molecule has 4 N–H and O–H groups in total. The van der Waals surface area contributed by atoms with E-state index in [1.807, 2.05) is 24.3 Å². The van der Waals surface area contributed by atoms with Crippen molar-refractivity contribution in [3.63, 3.8) is 0 Å². The largest absolute Gasteiger partial charge is 0.330 e. The normalized spacial score (nSPS) is 16.3. The van der Waals surface area contributed by atoms with Crippen molar-refractivity contribution in [3.8, 4) is 0 Å². The molecule has 0 fully saturated rings. The van der Waals surface area contributed by atoms with Gasteiger partial charge >= 0.3 is 0 Å². The predicted octanol–water partition coefficient (Wildman–Crippen LogP) is 2.63. The lowest BCUT2D eigenvalue weighted by Crippen LogP contribution is -2.31. The van der Waals surface area contributed by atoms with Gasteiger partial charge in [-0.25, -0.2) is 0 Å². The summed E-state index contributed by atoms with van der Waals surface area (Å²) in [7, 11) is 0. The van der Waals surface area contributed by atoms with Crippen LogP contribution in [0.2, 0.25) is 5.02 Å². The molecule has 6 nitrogen and oxygen atoms in total. The van der Waals surface area contributed by atoms with Gasteiger partial charge in [0.15, 0.2) is 0 Å². The van der Waals surface area contributed by atoms with Crippen LogP contribution in [0.15, 0.2) is 42.5 Å². The van der Waals surface area contributed by atoms with E-state index in [-0.39, 0.29) is 27.8 Å². The molecule has 0 spiro atoms. The van der Waals surface area contributed by atoms with Gasteiger partial charge in [0.2, 0.25) is 0 Å². The Morgan fingerprint density at radius 3 is 2.74 bits per heavy atom. The first kappa shape index (κ1) is 15.8. The fourth-order valence-electron chi connectivity index (χ4n) is 2.84. The molecule has 0 radical (unpaired) electrons. The molecule has 120 valence electrons. The molecule has 0 bridgehead atoms. The molecule has 23 heavy (non-hydrogen) atoms. The van der Waals surface area contributed by atoms with Crippen molar-refractivity contribution in [2.45, 2.75) is 5.92 Å². The third kappa shape index (κ3) is 2.77. The highest BCUT2D eigenvalue weighted by molar-refractivity contribution is 6.33. The fraction of sp³-hybridized carbons (Fsp3) is 0.188. The Balaban J connectivity index is 1.97. The first-order valence-electron chi connectivity index (χ1n) is 7.11. The van der Waals surface area contributed by atoms with Gasteiger partial charge in [0, 0.05) is 30.3 Å². The quantitative estimate of drug-likeness (QED) is 0.751. The molecule has 0 saturated heterocycles. The monoisotopic (exact) mass is 333 g/mol. The van der Waals surface area contributed by atoms with Crippen LogP contribution < -0.4 is 15.9 Å². The zero-order chi connectivity index (χ0) is 16.6. The standard InChI is InChI=1S/C16H16ClN3O3/c17-13-6-5-10(7-15(13)20(22)23)16(21)19-9-11(8-18)12-3-1-2-4-14(12)19/h1-7,11,22-23H,8-9,18H2. The molecule has 1 heterocycles. The topological polar surface area (TPSA) is 90.0 Å². The lowest BCUT2D eigenvalue weighted by molar-refractivity contribution is 0.0292. The highest BCUT2D eigenvalue weighted by Gasteiger charge is 2.32. The number of amides is 1. The molecule has 0 aliphatic carbocycles. The maximum Gasteiger partial charge on any atom is 0.258 e. The van der Waals surface area contributed by atoms with E-state index in [9.17, 15) is 15.2 Å². The number of carbonyl (C=O) groups is 1. The van der Waals surface area contributed by atoms with Gasteiger partial charge in [0.05, 0.1) is 5.02 Å². The van der Waals surface area contributed by atoms with E-state index in [4.69, 9.17) is 17.3 Å². The Morgan fingerprint density at radius 2 is 2.04 bits per heavy atom. The zero-order valence-corrected chi connectivity index (χ0v) is 12.9. The van der Waals surface area contributed by atoms with E-state index in [0.29, 0.717) is 18.7 Å². The smallest absolute Gasteiger partial charge is 0.258 e. The van der Waals surface area contributed by atoms with Crippen LogP contribution in [0.25, 0.3) is 0 Å². The number of fused-ring (bicyclic) bond motifs is 1. The van der Waals surface area contributed by atoms with E-state index >= 15 is 0 Å². The van der Waals surface area contributed by atoms with Crippen molar-refractivity contribution < 1.29 is 15.2 Å². The Bertz CT molecular complexity index is 751. The predicted molar refractivity (Wildman–Crippen MR) is 87.4 cm³/mol. The fourth-order valence-corrected chi connectivity index (χ4v) is 3.04. The molecule has 2 aromatic carbocycles. The van der Waals surface area contributed by atoms with E-state index in [2.05, 4.69) is 0 Å². The van der Waals surface area contributed by atoms with Crippen molar-refractivity contribution in [2.75, 3.05) is 23.2 Å². The van der Waals surface area contributed by atoms with E-state index < -0.39 is 0 Å². The van der Waals surface area contributed by atoms with Crippen LogP contribution in [-0.4, -0.2) is 29.4 Å². The summed E-state index contributed by atoms with van der Waals surface area (Å²) in [4.78, 5) is 14.5. The molecule has 1 amide bonds. The summed E-state index contributed by atoms with van der Waals surface area (Å²) < 4.78 is 0. The van der Waals surface area contributed by atoms with E-state index in [0.717, 1.165) is 11.3 Å². The van der Waals surface area contributed by atoms with Gasteiger partial charge in [-0.3, -0.25) is 15.2 Å². The molecule has 1 atom stereocenters. The van der Waals surface area contributed by atoms with Gasteiger partial charge in [-0.15, -0.1) is 5.23 Å². The molecular formula is C16H16ClN3O3. The van der Waals surface area contributed by atoms with E-state index in [1.54, 1.807) is 11.0 Å². The number of halogens is 1. The van der Waals surface area contributed by atoms with Gasteiger partial charge in [0.1, 0.15) is 5.69 Å². The van der Waals surface area contributed by atoms with Crippen LogP contribution in [0.3, 0.4) is 0 Å². The van der Waals surface area contributed by atoms with Gasteiger partial charge in [-0.1, -0.05) is 29.8 Å². The van der Waals surface area contributed by atoms with E-state index in [1.165, 1.54) is 12.1 Å². The second-order valence-corrected chi connectivity index (χ2v) is 5.77. The molecule has 1 aliphatic rings. The lowest BCUT2D eigenvalue weighted by atomic mass is 10.0. The second kappa shape index (κ2) is 6.17. The van der Waals surface area contributed by atoms with Crippen molar-refractivity contribution >= 4 is 28.9 Å². The van der Waals surface area contributed by atoms with Crippen LogP contribution in [0.4, 0.5) is 11.4 Å². The van der Waals surface area contributed by atoms with Gasteiger partial charge < -0.3 is 10.6 Å². The second-order valence-electron chi connectivity index (χ2n) is 5.36. The summed E-state index contributed by atoms with van der Waals surface area (Å²) in [6, 6.07) is 12.0. The maximum atomic E-state index is 12.8. The summed E-state index contributed by atoms with van der Waals surface area (Å²) in [5, 5.41) is 18.4. The minimum atomic E-state index is -0.242. The third-order valence-corrected chi connectivity index (χ3v) is 4.33. The van der Waals surface area contributed by atoms with Crippen molar-refractivity contribution in [1.82, 2.24) is 0 Å². The number of rotatable bonds is 3. The summed E-state index contributed by atoms with van der Waals surface area (Å²) in [5.41, 5.74) is 7.93. The van der Waals surface area contributed by atoms with Crippen LogP contribution in [0.1, 0.15) is 21.8 Å². The highest BCUT2D eigenvalue weighted by atomic mass is 35.5. The molecule has 1 unspecified atom stereocenters. The highest BCUT2D eigenvalue weighted by Crippen LogP contribution is 2.37. The van der Waals surface area contributed by atoms with Crippen molar-refractivity contribution in [1.29, 1.82) is 0 Å². The first-order valence-corrected chi connectivity index (χ1v) is 7.49. The molecule has 2 aromatic rings. The van der Waals surface area contributed by atoms with Gasteiger partial charge in [0.25, 0.3) is 5.91 Å². The van der Waals surface area contributed by atoms with Crippen molar-refractivity contribution in [3.05, 3.63) is 58.6 Å². The number of carbonyl (C=O) groups excluding carboxylic acids is 1. The first-order chi connectivity index (χ1) is 11.0. The summed E-state index contributed by atoms with van der Waals surface area (Å²) in [5.74, 6) is -0.151. The number of nitrogens with zero attached hydrogens (tertiary/aromatic N) is 2.